The summed E-state index contributed by atoms with van der Waals surface area (Å²) in [4.78, 5) is 7.76. The molecule has 6 aliphatic rings. The second-order valence-corrected chi connectivity index (χ2v) is 26.4. The summed E-state index contributed by atoms with van der Waals surface area (Å²) in [6, 6.07) is 45.7. The highest BCUT2D eigenvalue weighted by molar-refractivity contribution is 7.00. The third-order valence-electron chi connectivity index (χ3n) is 20.2. The molecule has 1 fully saturated rings. The fourth-order valence-electron chi connectivity index (χ4n) is 15.6. The van der Waals surface area contributed by atoms with Gasteiger partial charge in [-0.15, -0.1) is 0 Å². The zero-order valence-corrected chi connectivity index (χ0v) is 44.9. The smallest absolute Gasteiger partial charge is 0.252 e. The molecule has 7 aromatic carbocycles. The van der Waals surface area contributed by atoms with Crippen molar-refractivity contribution in [3.63, 3.8) is 0 Å². The van der Waals surface area contributed by atoms with Gasteiger partial charge >= 0.3 is 0 Å². The number of hydrogen-bond acceptors (Lipinski definition) is 4. The van der Waals surface area contributed by atoms with Crippen LogP contribution in [0.25, 0.3) is 21.9 Å². The minimum Gasteiger partial charge on any atom is -0.456 e. The Hall–Kier alpha value is -6.27. The summed E-state index contributed by atoms with van der Waals surface area (Å²) >= 11 is 0. The number of fused-ring (bicyclic) bond motifs is 12. The van der Waals surface area contributed by atoms with Crippen molar-refractivity contribution >= 4 is 90.5 Å². The summed E-state index contributed by atoms with van der Waals surface area (Å²) in [7, 11) is 0. The Morgan fingerprint density at radius 3 is 1.78 bits per heavy atom. The summed E-state index contributed by atoms with van der Waals surface area (Å²) < 4.78 is 23.5. The van der Waals surface area contributed by atoms with Crippen LogP contribution in [0, 0.1) is 12.7 Å². The number of para-hydroxylation sites is 1. The van der Waals surface area contributed by atoms with Gasteiger partial charge in [0.25, 0.3) is 6.71 Å². The van der Waals surface area contributed by atoms with Crippen molar-refractivity contribution in [2.45, 2.75) is 160 Å². The van der Waals surface area contributed by atoms with Crippen molar-refractivity contribution in [1.82, 2.24) is 0 Å². The molecule has 2 unspecified atom stereocenters. The van der Waals surface area contributed by atoms with Crippen molar-refractivity contribution in [3.05, 3.63) is 161 Å². The molecule has 1 aromatic heterocycles. The predicted octanol–water partition coefficient (Wildman–Crippen LogP) is 16.6. The molecule has 0 bridgehead atoms. The maximum atomic E-state index is 16.8. The quantitative estimate of drug-likeness (QED) is 0.164. The molecule has 14 rings (SSSR count). The summed E-state index contributed by atoms with van der Waals surface area (Å²) in [6.07, 6.45) is 9.04. The molecule has 4 nitrogen and oxygen atoms in total. The van der Waals surface area contributed by atoms with E-state index in [2.05, 4.69) is 200 Å². The number of anilines is 8. The minimum absolute atomic E-state index is 0.0291. The van der Waals surface area contributed by atoms with E-state index in [4.69, 9.17) is 4.42 Å². The summed E-state index contributed by atoms with van der Waals surface area (Å²) in [5.74, 6) is -0.138. The van der Waals surface area contributed by atoms with Crippen LogP contribution in [0.2, 0.25) is 0 Å². The zero-order chi connectivity index (χ0) is 50.5. The number of halogens is 1. The van der Waals surface area contributed by atoms with Gasteiger partial charge in [0.15, 0.2) is 0 Å². The molecule has 1 saturated carbocycles. The van der Waals surface area contributed by atoms with Crippen molar-refractivity contribution in [3.8, 4) is 0 Å². The Labute approximate surface area is 432 Å². The van der Waals surface area contributed by atoms with Crippen molar-refractivity contribution in [2.24, 2.45) is 0 Å². The number of rotatable bonds is 4. The highest BCUT2D eigenvalue weighted by Gasteiger charge is 2.61. The molecule has 3 aliphatic heterocycles. The van der Waals surface area contributed by atoms with Gasteiger partial charge in [-0.2, -0.15) is 0 Å². The maximum Gasteiger partial charge on any atom is 0.252 e. The zero-order valence-electron chi connectivity index (χ0n) is 44.9. The average molecular weight is 962 g/mol. The Morgan fingerprint density at radius 2 is 1.10 bits per heavy atom. The standard InChI is InChI=1S/C67H69BFN3O/c1-40-32-56-60-57(33-40)72-61-52(66(10)26-14-15-27-67(66,72)11)34-41(69)35-54(61)68(60)53-25-21-44(38-55(53)71(56)45-18-22-47-46-16-12-13-17-58(46)73-59(47)39-45)70(42-19-23-48-50(36-42)64(6,7)30-28-62(48,2)3)43-20-24-49-51(37-43)65(8,9)31-29-63(49,4)5/h12-13,16-25,32-39H,14-15,26-31H2,1-11H3. The van der Waals surface area contributed by atoms with Gasteiger partial charge < -0.3 is 19.1 Å². The molecule has 0 N–H and O–H groups in total. The first-order valence-electron chi connectivity index (χ1n) is 27.4. The summed E-state index contributed by atoms with van der Waals surface area (Å²) in [5, 5.41) is 2.23. The molecule has 0 spiro atoms. The molecule has 4 heterocycles. The molecule has 73 heavy (non-hydrogen) atoms. The van der Waals surface area contributed by atoms with E-state index in [0.717, 1.165) is 88.7 Å². The average Bonchev–Trinajstić information content (AvgIpc) is 3.85. The molecular formula is C67H69BFN3O. The van der Waals surface area contributed by atoms with Crippen LogP contribution < -0.4 is 31.1 Å². The third kappa shape index (κ3) is 6.13. The summed E-state index contributed by atoms with van der Waals surface area (Å²) in [5.41, 5.74) is 22.5. The van der Waals surface area contributed by atoms with Crippen LogP contribution in [0.1, 0.15) is 154 Å². The number of furan rings is 1. The lowest BCUT2D eigenvalue weighted by Gasteiger charge is -2.52. The number of benzene rings is 7. The second-order valence-electron chi connectivity index (χ2n) is 26.4. The molecule has 0 amide bonds. The highest BCUT2D eigenvalue weighted by atomic mass is 19.1. The van der Waals surface area contributed by atoms with Gasteiger partial charge in [0.2, 0.25) is 0 Å². The highest BCUT2D eigenvalue weighted by Crippen LogP contribution is 2.62. The van der Waals surface area contributed by atoms with E-state index in [0.29, 0.717) is 0 Å². The van der Waals surface area contributed by atoms with E-state index in [1.807, 2.05) is 12.1 Å². The topological polar surface area (TPSA) is 22.9 Å². The van der Waals surface area contributed by atoms with E-state index in [-0.39, 0.29) is 45.1 Å². The number of aryl methyl sites for hydroxylation is 1. The van der Waals surface area contributed by atoms with Gasteiger partial charge in [0, 0.05) is 67.8 Å². The lowest BCUT2D eigenvalue weighted by molar-refractivity contribution is 0.194. The van der Waals surface area contributed by atoms with E-state index in [1.165, 1.54) is 79.9 Å². The Bertz CT molecular complexity index is 3630. The minimum atomic E-state index is -0.206. The fourth-order valence-corrected chi connectivity index (χ4v) is 15.6. The second kappa shape index (κ2) is 14.7. The van der Waals surface area contributed by atoms with Crippen LogP contribution in [0.15, 0.2) is 126 Å². The molecular weight excluding hydrogens is 893 g/mol. The molecule has 2 atom stereocenters. The third-order valence-corrected chi connectivity index (χ3v) is 20.2. The van der Waals surface area contributed by atoms with Gasteiger partial charge in [-0.05, 0) is 203 Å². The van der Waals surface area contributed by atoms with E-state index in [1.54, 1.807) is 0 Å². The number of hydrogen-bond donors (Lipinski definition) is 0. The van der Waals surface area contributed by atoms with Crippen LogP contribution in [0.3, 0.4) is 0 Å². The van der Waals surface area contributed by atoms with Crippen LogP contribution >= 0.6 is 0 Å². The maximum absolute atomic E-state index is 16.8. The molecule has 3 aliphatic carbocycles. The van der Waals surface area contributed by atoms with Crippen LogP contribution in [-0.2, 0) is 27.1 Å². The molecule has 8 aromatic rings. The predicted molar refractivity (Wildman–Crippen MR) is 306 cm³/mol. The van der Waals surface area contributed by atoms with Gasteiger partial charge in [-0.25, -0.2) is 4.39 Å². The lowest BCUT2D eigenvalue weighted by Crippen LogP contribution is -2.64. The van der Waals surface area contributed by atoms with Crippen molar-refractivity contribution < 1.29 is 8.81 Å². The Kier molecular flexibility index (Phi) is 9.15. The van der Waals surface area contributed by atoms with Crippen molar-refractivity contribution in [2.75, 3.05) is 14.7 Å². The SMILES string of the molecule is Cc1cc2c3c(c1)N1c4c(cc(F)cc4C4(C)CCCCC14C)B3c1ccc(N(c3ccc4c(c3)C(C)(C)CCC4(C)C)c3ccc4c(c3)C(C)(C)CCC4(C)C)cc1N2c1ccc2c(c1)oc1ccccc12. The summed E-state index contributed by atoms with van der Waals surface area (Å²) in [6.45, 7) is 26.4. The first-order chi connectivity index (χ1) is 34.7. The largest absolute Gasteiger partial charge is 0.456 e. The van der Waals surface area contributed by atoms with Crippen LogP contribution in [0.4, 0.5) is 49.9 Å². The van der Waals surface area contributed by atoms with Crippen LogP contribution in [-0.4, -0.2) is 12.3 Å². The first kappa shape index (κ1) is 45.4. The Morgan fingerprint density at radius 1 is 0.507 bits per heavy atom. The Balaban J connectivity index is 1.05. The molecule has 0 radical (unpaired) electrons. The fraction of sp³-hybridized carbons (Fsp3) is 0.373. The molecule has 0 saturated heterocycles. The van der Waals surface area contributed by atoms with Gasteiger partial charge in [0.05, 0.1) is 5.54 Å². The molecule has 368 valence electrons. The van der Waals surface area contributed by atoms with Gasteiger partial charge in [-0.1, -0.05) is 112 Å². The first-order valence-corrected chi connectivity index (χ1v) is 27.4. The van der Waals surface area contributed by atoms with Gasteiger partial charge in [0.1, 0.15) is 17.0 Å². The van der Waals surface area contributed by atoms with E-state index in [9.17, 15) is 0 Å². The van der Waals surface area contributed by atoms with Gasteiger partial charge in [-0.3, -0.25) is 0 Å². The normalized spacial score (nSPS) is 23.1. The van der Waals surface area contributed by atoms with Crippen LogP contribution in [0.5, 0.6) is 0 Å². The monoisotopic (exact) mass is 962 g/mol. The van der Waals surface area contributed by atoms with Crippen molar-refractivity contribution in [1.29, 1.82) is 0 Å². The van der Waals surface area contributed by atoms with E-state index < -0.39 is 0 Å². The van der Waals surface area contributed by atoms with E-state index >= 15 is 4.39 Å². The number of nitrogens with zero attached hydrogens (tertiary/aromatic N) is 3. The lowest BCUT2D eigenvalue weighted by atomic mass is 9.33. The molecule has 6 heteroatoms.